The summed E-state index contributed by atoms with van der Waals surface area (Å²) >= 11 is 0. The summed E-state index contributed by atoms with van der Waals surface area (Å²) in [6.07, 6.45) is 1.82. The Morgan fingerprint density at radius 2 is 1.48 bits per heavy atom. The Balaban J connectivity index is 0.000000188. The van der Waals surface area contributed by atoms with Crippen molar-refractivity contribution in [1.29, 1.82) is 5.26 Å². The molecule has 219 valence electrons. The Morgan fingerprint density at radius 1 is 0.652 bits per heavy atom. The summed E-state index contributed by atoms with van der Waals surface area (Å²) in [7, 11) is 0. The summed E-state index contributed by atoms with van der Waals surface area (Å²) in [5.41, 5.74) is 7.95. The molecule has 0 aliphatic carbocycles. The number of nitriles is 1. The Kier molecular flexibility index (Phi) is 7.83. The minimum absolute atomic E-state index is 0. The first-order valence-corrected chi connectivity index (χ1v) is 14.6. The molecule has 0 spiro atoms. The Labute approximate surface area is 278 Å². The molecule has 0 unspecified atom stereocenters. The van der Waals surface area contributed by atoms with Crippen molar-refractivity contribution in [2.45, 2.75) is 0 Å². The summed E-state index contributed by atoms with van der Waals surface area (Å²) in [6, 6.07) is 52.9. The molecular weight excluding hydrogens is 743 g/mol. The summed E-state index contributed by atoms with van der Waals surface area (Å²) in [4.78, 5) is 9.20. The van der Waals surface area contributed by atoms with Crippen LogP contribution in [0.2, 0.25) is 0 Å². The molecule has 5 heteroatoms. The normalized spacial score (nSPS) is 10.8. The monoisotopic (exact) mass is 766 g/mol. The number of furan rings is 1. The summed E-state index contributed by atoms with van der Waals surface area (Å²) in [6.45, 7) is 0. The SMILES string of the molecule is N#Cc1ccc2nc(-c3[c-]ccc4c3oc3c(-c5ccccc5)cccc34)ccc2c1.[Ir].[c-]1cccc2ccc3cccnc3c12. The molecule has 46 heavy (non-hydrogen) atoms. The molecule has 0 fully saturated rings. The molecule has 0 amide bonds. The molecule has 6 aromatic carbocycles. The Hall–Kier alpha value is -5.66. The van der Waals surface area contributed by atoms with E-state index in [-0.39, 0.29) is 20.1 Å². The van der Waals surface area contributed by atoms with Gasteiger partial charge in [-0.1, -0.05) is 89.8 Å². The van der Waals surface area contributed by atoms with Gasteiger partial charge < -0.3 is 9.40 Å². The molecule has 9 aromatic rings. The van der Waals surface area contributed by atoms with Crippen LogP contribution in [0.1, 0.15) is 5.56 Å². The maximum atomic E-state index is 9.13. The van der Waals surface area contributed by atoms with E-state index in [0.29, 0.717) is 5.56 Å². The molecular formula is C41H23IrN3O-2. The van der Waals surface area contributed by atoms with Gasteiger partial charge in [-0.05, 0) is 51.8 Å². The number of hydrogen-bond acceptors (Lipinski definition) is 4. The molecule has 0 saturated carbocycles. The zero-order valence-corrected chi connectivity index (χ0v) is 26.8. The predicted molar refractivity (Wildman–Crippen MR) is 182 cm³/mol. The Bertz CT molecular complexity index is 2510. The number of pyridine rings is 2. The minimum atomic E-state index is 0. The van der Waals surface area contributed by atoms with Crippen LogP contribution in [-0.4, -0.2) is 9.97 Å². The molecule has 0 aliphatic rings. The first-order valence-electron chi connectivity index (χ1n) is 14.6. The first-order chi connectivity index (χ1) is 22.3. The summed E-state index contributed by atoms with van der Waals surface area (Å²) in [5.74, 6) is 0. The van der Waals surface area contributed by atoms with Gasteiger partial charge in [0.2, 0.25) is 0 Å². The van der Waals surface area contributed by atoms with Gasteiger partial charge in [0, 0.05) is 37.3 Å². The van der Waals surface area contributed by atoms with Crippen LogP contribution in [0.25, 0.3) is 76.9 Å². The van der Waals surface area contributed by atoms with Crippen LogP contribution >= 0.6 is 0 Å². The van der Waals surface area contributed by atoms with E-state index in [1.165, 1.54) is 10.8 Å². The van der Waals surface area contributed by atoms with Crippen LogP contribution in [0.4, 0.5) is 0 Å². The van der Waals surface area contributed by atoms with Crippen LogP contribution < -0.4 is 0 Å². The van der Waals surface area contributed by atoms with Gasteiger partial charge in [0.15, 0.2) is 0 Å². The summed E-state index contributed by atoms with van der Waals surface area (Å²) < 4.78 is 6.46. The second-order valence-corrected chi connectivity index (χ2v) is 10.7. The third-order valence-corrected chi connectivity index (χ3v) is 8.02. The van der Waals surface area contributed by atoms with Crippen molar-refractivity contribution in [1.82, 2.24) is 9.97 Å². The van der Waals surface area contributed by atoms with Crippen LogP contribution in [0.5, 0.6) is 0 Å². The second kappa shape index (κ2) is 12.4. The van der Waals surface area contributed by atoms with Gasteiger partial charge in [-0.15, -0.1) is 53.2 Å². The molecule has 1 radical (unpaired) electrons. The van der Waals surface area contributed by atoms with Gasteiger partial charge in [-0.2, -0.15) is 5.26 Å². The van der Waals surface area contributed by atoms with E-state index in [4.69, 9.17) is 14.7 Å². The fraction of sp³-hybridized carbons (Fsp3) is 0. The van der Waals surface area contributed by atoms with Crippen LogP contribution in [-0.2, 0) is 20.1 Å². The molecule has 0 saturated heterocycles. The van der Waals surface area contributed by atoms with Gasteiger partial charge >= 0.3 is 0 Å². The van der Waals surface area contributed by atoms with E-state index in [1.54, 1.807) is 6.07 Å². The molecule has 0 bridgehead atoms. The van der Waals surface area contributed by atoms with Crippen molar-refractivity contribution in [3.63, 3.8) is 0 Å². The number of nitrogens with zero attached hydrogens (tertiary/aromatic N) is 3. The van der Waals surface area contributed by atoms with Gasteiger partial charge in [-0.25, -0.2) is 0 Å². The van der Waals surface area contributed by atoms with Crippen molar-refractivity contribution in [2.24, 2.45) is 0 Å². The molecule has 4 nitrogen and oxygen atoms in total. The molecule has 0 N–H and O–H groups in total. The standard InChI is InChI=1S/C28H15N2O.C13H8N.Ir/c29-17-18-12-14-25-20(16-18)13-15-26(30-25)24-11-5-10-23-22-9-4-8-21(27(22)31-28(23)24)19-6-2-1-3-7-19;1-2-6-12-10(4-1)7-8-11-5-3-9-14-13(11)12;/h1-10,12-16H;1-5,7-9H;/q2*-1;. The minimum Gasteiger partial charge on any atom is -0.500 e. The number of rotatable bonds is 2. The molecule has 0 aliphatic heterocycles. The van der Waals surface area contributed by atoms with Crippen LogP contribution in [0.15, 0.2) is 144 Å². The fourth-order valence-corrected chi connectivity index (χ4v) is 5.87. The number of fused-ring (bicyclic) bond motifs is 7. The van der Waals surface area contributed by atoms with E-state index in [1.807, 2.05) is 79.0 Å². The van der Waals surface area contributed by atoms with Gasteiger partial charge in [0.1, 0.15) is 5.58 Å². The summed E-state index contributed by atoms with van der Waals surface area (Å²) in [5, 5.41) is 15.7. The van der Waals surface area contributed by atoms with Crippen molar-refractivity contribution < 1.29 is 24.5 Å². The largest absolute Gasteiger partial charge is 0.500 e. The van der Waals surface area contributed by atoms with Crippen molar-refractivity contribution in [3.8, 4) is 28.5 Å². The molecule has 3 aromatic heterocycles. The number of para-hydroxylation sites is 1. The van der Waals surface area contributed by atoms with Crippen molar-refractivity contribution in [2.75, 3.05) is 0 Å². The molecule has 9 rings (SSSR count). The van der Waals surface area contributed by atoms with E-state index >= 15 is 0 Å². The number of aromatic nitrogens is 2. The first kappa shape index (κ1) is 29.1. The number of hydrogen-bond donors (Lipinski definition) is 0. The zero-order chi connectivity index (χ0) is 30.2. The van der Waals surface area contributed by atoms with E-state index in [0.717, 1.165) is 66.1 Å². The maximum absolute atomic E-state index is 9.13. The van der Waals surface area contributed by atoms with Crippen LogP contribution in [0.3, 0.4) is 0 Å². The fourth-order valence-electron chi connectivity index (χ4n) is 5.87. The average molecular weight is 766 g/mol. The predicted octanol–water partition coefficient (Wildman–Crippen LogP) is 10.3. The zero-order valence-electron chi connectivity index (χ0n) is 24.4. The topological polar surface area (TPSA) is 62.7 Å². The second-order valence-electron chi connectivity index (χ2n) is 10.7. The van der Waals surface area contributed by atoms with Crippen molar-refractivity contribution >= 4 is 54.5 Å². The molecule has 0 atom stereocenters. The molecule has 3 heterocycles. The van der Waals surface area contributed by atoms with E-state index < -0.39 is 0 Å². The third kappa shape index (κ3) is 5.21. The Morgan fingerprint density at radius 3 is 2.37 bits per heavy atom. The third-order valence-electron chi connectivity index (χ3n) is 8.02. The number of benzene rings is 6. The smallest absolute Gasteiger partial charge is 0.128 e. The quantitative estimate of drug-likeness (QED) is 0.130. The van der Waals surface area contributed by atoms with Crippen LogP contribution in [0, 0.1) is 23.5 Å². The van der Waals surface area contributed by atoms with Gasteiger partial charge in [0.05, 0.1) is 22.7 Å². The van der Waals surface area contributed by atoms with E-state index in [2.05, 4.69) is 77.8 Å². The van der Waals surface area contributed by atoms with Crippen molar-refractivity contribution in [3.05, 3.63) is 157 Å². The maximum Gasteiger partial charge on any atom is 0.128 e. The van der Waals surface area contributed by atoms with Gasteiger partial charge in [0.25, 0.3) is 0 Å². The van der Waals surface area contributed by atoms with Gasteiger partial charge in [-0.3, -0.25) is 4.98 Å². The van der Waals surface area contributed by atoms with E-state index in [9.17, 15) is 0 Å². The average Bonchev–Trinajstić information content (AvgIpc) is 3.51.